The van der Waals surface area contributed by atoms with Gasteiger partial charge in [0.2, 0.25) is 0 Å². The number of hydrogen-bond acceptors (Lipinski definition) is 3. The first-order valence-electron chi connectivity index (χ1n) is 5.09. The maximum atomic E-state index is 11.1. The van der Waals surface area contributed by atoms with E-state index in [1.807, 2.05) is 11.8 Å². The summed E-state index contributed by atoms with van der Waals surface area (Å²) < 4.78 is 5.31. The summed E-state index contributed by atoms with van der Waals surface area (Å²) in [4.78, 5) is 11.1. The Morgan fingerprint density at radius 3 is 2.54 bits per heavy atom. The first-order chi connectivity index (χ1) is 6.34. The van der Waals surface area contributed by atoms with E-state index < -0.39 is 0 Å². The molecule has 2 nitrogen and oxygen atoms in total. The van der Waals surface area contributed by atoms with Crippen molar-refractivity contribution in [2.45, 2.75) is 42.6 Å². The lowest BCUT2D eigenvalue weighted by molar-refractivity contribution is -0.117. The highest BCUT2D eigenvalue weighted by Crippen LogP contribution is 2.34. The van der Waals surface area contributed by atoms with Crippen LogP contribution in [-0.2, 0) is 9.53 Å². The van der Waals surface area contributed by atoms with E-state index >= 15 is 0 Å². The normalized spacial score (nSPS) is 31.1. The van der Waals surface area contributed by atoms with E-state index in [2.05, 4.69) is 0 Å². The maximum absolute atomic E-state index is 11.1. The molecule has 1 heterocycles. The van der Waals surface area contributed by atoms with E-state index in [0.29, 0.717) is 11.0 Å². The molecule has 13 heavy (non-hydrogen) atoms. The van der Waals surface area contributed by atoms with Crippen LogP contribution in [0, 0.1) is 0 Å². The number of ether oxygens (including phenoxy) is 1. The third-order valence-corrected chi connectivity index (χ3v) is 4.40. The molecule has 0 aromatic carbocycles. The van der Waals surface area contributed by atoms with Gasteiger partial charge in [-0.05, 0) is 19.3 Å². The molecule has 1 unspecified atom stereocenters. The summed E-state index contributed by atoms with van der Waals surface area (Å²) in [7, 11) is 0. The molecule has 0 radical (unpaired) electrons. The monoisotopic (exact) mass is 200 g/mol. The molecule has 0 spiro atoms. The summed E-state index contributed by atoms with van der Waals surface area (Å²) >= 11 is 2.03. The zero-order valence-corrected chi connectivity index (χ0v) is 8.65. The van der Waals surface area contributed by atoms with Crippen LogP contribution in [-0.4, -0.2) is 29.5 Å². The Morgan fingerprint density at radius 1 is 1.15 bits per heavy atom. The van der Waals surface area contributed by atoms with Crippen molar-refractivity contribution < 1.29 is 9.53 Å². The van der Waals surface area contributed by atoms with Crippen molar-refractivity contribution in [3.05, 3.63) is 0 Å². The number of thioether (sulfide) groups is 1. The van der Waals surface area contributed by atoms with Gasteiger partial charge in [-0.1, -0.05) is 0 Å². The number of carbonyl (C=O) groups is 1. The van der Waals surface area contributed by atoms with Crippen LogP contribution in [0.1, 0.15) is 32.1 Å². The van der Waals surface area contributed by atoms with Gasteiger partial charge >= 0.3 is 0 Å². The van der Waals surface area contributed by atoms with Crippen molar-refractivity contribution in [2.24, 2.45) is 0 Å². The molecule has 2 rings (SSSR count). The Morgan fingerprint density at radius 2 is 1.92 bits per heavy atom. The summed E-state index contributed by atoms with van der Waals surface area (Å²) in [5.74, 6) is 0.463. The van der Waals surface area contributed by atoms with Crippen molar-refractivity contribution in [3.8, 4) is 0 Å². The lowest BCUT2D eigenvalue weighted by atomic mass is 10.2. The van der Waals surface area contributed by atoms with Crippen molar-refractivity contribution in [3.63, 3.8) is 0 Å². The number of hydrogen-bond donors (Lipinski definition) is 0. The van der Waals surface area contributed by atoms with E-state index in [-0.39, 0.29) is 0 Å². The van der Waals surface area contributed by atoms with Gasteiger partial charge in [0.25, 0.3) is 0 Å². The van der Waals surface area contributed by atoms with Gasteiger partial charge in [0.1, 0.15) is 5.78 Å². The van der Waals surface area contributed by atoms with Gasteiger partial charge < -0.3 is 4.74 Å². The van der Waals surface area contributed by atoms with Crippen LogP contribution in [0.25, 0.3) is 0 Å². The highest BCUT2D eigenvalue weighted by Gasteiger charge is 2.26. The van der Waals surface area contributed by atoms with Crippen LogP contribution < -0.4 is 0 Å². The van der Waals surface area contributed by atoms with Gasteiger partial charge in [-0.2, -0.15) is 11.8 Å². The van der Waals surface area contributed by atoms with Crippen LogP contribution in [0.15, 0.2) is 0 Å². The number of carbonyl (C=O) groups excluding carboxylic acids is 1. The second kappa shape index (κ2) is 4.47. The molecule has 0 N–H and O–H groups in total. The Kier molecular flexibility index (Phi) is 3.28. The average molecular weight is 200 g/mol. The van der Waals surface area contributed by atoms with E-state index in [1.165, 1.54) is 12.8 Å². The van der Waals surface area contributed by atoms with Gasteiger partial charge in [0.05, 0.1) is 0 Å². The summed E-state index contributed by atoms with van der Waals surface area (Å²) in [5.41, 5.74) is 0. The molecule has 3 heteroatoms. The molecule has 0 aromatic rings. The Labute approximate surface area is 83.4 Å². The van der Waals surface area contributed by atoms with Crippen LogP contribution in [0.3, 0.4) is 0 Å². The van der Waals surface area contributed by atoms with E-state index in [9.17, 15) is 4.79 Å². The largest absolute Gasteiger partial charge is 0.381 e. The van der Waals surface area contributed by atoms with Gasteiger partial charge in [-0.3, -0.25) is 4.79 Å². The minimum atomic E-state index is 0.463. The zero-order valence-electron chi connectivity index (χ0n) is 7.83. The molecule has 74 valence electrons. The molecule has 1 aliphatic carbocycles. The van der Waals surface area contributed by atoms with Crippen LogP contribution in [0.5, 0.6) is 0 Å². The SMILES string of the molecule is O=C1CCC(SC2CCOCC2)C1. The van der Waals surface area contributed by atoms with Crippen molar-refractivity contribution in [1.82, 2.24) is 0 Å². The minimum absolute atomic E-state index is 0.463. The molecule has 2 aliphatic rings. The minimum Gasteiger partial charge on any atom is -0.381 e. The predicted octanol–water partition coefficient (Wildman–Crippen LogP) is 2.02. The summed E-state index contributed by atoms with van der Waals surface area (Å²) in [6.45, 7) is 1.83. The summed E-state index contributed by atoms with van der Waals surface area (Å²) in [5, 5.41) is 1.38. The number of ketones is 1. The lowest BCUT2D eigenvalue weighted by Crippen LogP contribution is -2.19. The summed E-state index contributed by atoms with van der Waals surface area (Å²) in [6, 6.07) is 0. The maximum Gasteiger partial charge on any atom is 0.134 e. The fourth-order valence-electron chi connectivity index (χ4n) is 1.98. The van der Waals surface area contributed by atoms with Crippen LogP contribution in [0.2, 0.25) is 0 Å². The van der Waals surface area contributed by atoms with Crippen LogP contribution >= 0.6 is 11.8 Å². The van der Waals surface area contributed by atoms with Gasteiger partial charge in [0, 0.05) is 36.6 Å². The number of Topliss-reactive ketones (excluding diaryl/α,β-unsaturated/α-hetero) is 1. The van der Waals surface area contributed by atoms with Gasteiger partial charge in [-0.25, -0.2) is 0 Å². The quantitative estimate of drug-likeness (QED) is 0.682. The average Bonchev–Trinajstić information content (AvgIpc) is 2.53. The predicted molar refractivity (Wildman–Crippen MR) is 54.1 cm³/mol. The van der Waals surface area contributed by atoms with Crippen molar-refractivity contribution in [1.29, 1.82) is 0 Å². The Bertz CT molecular complexity index is 187. The first kappa shape index (κ1) is 9.53. The summed E-state index contributed by atoms with van der Waals surface area (Å²) in [6.07, 6.45) is 5.11. The van der Waals surface area contributed by atoms with Crippen LogP contribution in [0.4, 0.5) is 0 Å². The molecular weight excluding hydrogens is 184 g/mol. The lowest BCUT2D eigenvalue weighted by Gasteiger charge is -2.23. The van der Waals surface area contributed by atoms with Crippen molar-refractivity contribution in [2.75, 3.05) is 13.2 Å². The second-order valence-corrected chi connectivity index (χ2v) is 5.46. The fraction of sp³-hybridized carbons (Fsp3) is 0.900. The number of rotatable bonds is 2. The molecule has 1 aliphatic heterocycles. The molecule has 1 atom stereocenters. The molecule has 1 saturated heterocycles. The van der Waals surface area contributed by atoms with Crippen molar-refractivity contribution >= 4 is 17.5 Å². The molecule has 0 amide bonds. The fourth-order valence-corrected chi connectivity index (χ4v) is 3.53. The van der Waals surface area contributed by atoms with E-state index in [1.54, 1.807) is 0 Å². The van der Waals surface area contributed by atoms with Gasteiger partial charge in [-0.15, -0.1) is 0 Å². The topological polar surface area (TPSA) is 26.3 Å². The molecular formula is C10H16O2S. The molecule has 2 fully saturated rings. The smallest absolute Gasteiger partial charge is 0.134 e. The van der Waals surface area contributed by atoms with E-state index in [4.69, 9.17) is 4.74 Å². The highest BCUT2D eigenvalue weighted by molar-refractivity contribution is 8.00. The third-order valence-electron chi connectivity index (χ3n) is 2.75. The third kappa shape index (κ3) is 2.71. The zero-order chi connectivity index (χ0) is 9.10. The Balaban J connectivity index is 1.73. The molecule has 1 saturated carbocycles. The first-order valence-corrected chi connectivity index (χ1v) is 6.04. The van der Waals surface area contributed by atoms with E-state index in [0.717, 1.165) is 37.7 Å². The molecule has 0 aromatic heterocycles. The standard InChI is InChI=1S/C10H16O2S/c11-8-1-2-10(7-8)13-9-3-5-12-6-4-9/h9-10H,1-7H2. The van der Waals surface area contributed by atoms with Gasteiger partial charge in [0.15, 0.2) is 0 Å². The molecule has 0 bridgehead atoms. The second-order valence-electron chi connectivity index (χ2n) is 3.85. The Hall–Kier alpha value is -0.0200. The highest BCUT2D eigenvalue weighted by atomic mass is 32.2.